The van der Waals surface area contributed by atoms with E-state index in [1.807, 2.05) is 23.6 Å². The van der Waals surface area contributed by atoms with Gasteiger partial charge in [0.2, 0.25) is 0 Å². The number of benzene rings is 2. The molecule has 0 unspecified atom stereocenters. The average molecular weight is 441 g/mol. The lowest BCUT2D eigenvalue weighted by Crippen LogP contribution is -2.05. The van der Waals surface area contributed by atoms with Crippen LogP contribution in [0.4, 0.5) is 10.7 Å². The van der Waals surface area contributed by atoms with Crippen LogP contribution in [-0.2, 0) is 4.74 Å². The molecule has 0 atom stereocenters. The number of nitro groups is 1. The van der Waals surface area contributed by atoms with Crippen LogP contribution in [0.5, 0.6) is 0 Å². The molecule has 0 spiro atoms. The molecular formula is C22H17ClN2O4S. The molecule has 3 rings (SSSR count). The van der Waals surface area contributed by atoms with Gasteiger partial charge in [-0.1, -0.05) is 41.9 Å². The zero-order valence-corrected chi connectivity index (χ0v) is 17.5. The Balaban J connectivity index is 1.94. The molecule has 30 heavy (non-hydrogen) atoms. The molecule has 1 aromatic heterocycles. The fourth-order valence-electron chi connectivity index (χ4n) is 2.77. The molecule has 0 saturated carbocycles. The van der Waals surface area contributed by atoms with Crippen LogP contribution >= 0.6 is 22.9 Å². The summed E-state index contributed by atoms with van der Waals surface area (Å²) in [5.41, 5.74) is 2.17. The second kappa shape index (κ2) is 9.96. The molecular weight excluding hydrogens is 424 g/mol. The summed E-state index contributed by atoms with van der Waals surface area (Å²) in [6, 6.07) is 13.6. The molecule has 0 N–H and O–H groups in total. The van der Waals surface area contributed by atoms with Crippen molar-refractivity contribution in [3.8, 4) is 11.1 Å². The number of rotatable bonds is 7. The van der Waals surface area contributed by atoms with Gasteiger partial charge in [0.05, 0.1) is 17.1 Å². The third kappa shape index (κ3) is 4.82. The van der Waals surface area contributed by atoms with E-state index < -0.39 is 10.9 Å². The minimum atomic E-state index is -0.483. The Hall–Kier alpha value is -3.29. The zero-order valence-electron chi connectivity index (χ0n) is 15.9. The van der Waals surface area contributed by atoms with Crippen LogP contribution < -0.4 is 0 Å². The van der Waals surface area contributed by atoms with E-state index in [1.165, 1.54) is 23.6 Å². The first-order valence-corrected chi connectivity index (χ1v) is 10.3. The first-order chi connectivity index (χ1) is 14.5. The number of thiophene rings is 1. The molecule has 0 aliphatic rings. The molecule has 8 heteroatoms. The number of para-hydroxylation sites is 1. The number of ether oxygens (including phenoxy) is 1. The van der Waals surface area contributed by atoms with E-state index in [2.05, 4.69) is 4.99 Å². The van der Waals surface area contributed by atoms with Gasteiger partial charge in [0, 0.05) is 33.8 Å². The molecule has 0 amide bonds. The van der Waals surface area contributed by atoms with Gasteiger partial charge in [-0.2, -0.15) is 0 Å². The maximum atomic E-state index is 12.6. The number of hydrogen-bond acceptors (Lipinski definition) is 6. The molecule has 152 valence electrons. The summed E-state index contributed by atoms with van der Waals surface area (Å²) in [4.78, 5) is 27.6. The summed E-state index contributed by atoms with van der Waals surface area (Å²) in [6.45, 7) is 1.97. The number of allylic oxidation sites excluding steroid dienone is 1. The second-order valence-corrected chi connectivity index (χ2v) is 7.25. The zero-order chi connectivity index (χ0) is 21.5. The van der Waals surface area contributed by atoms with Crippen molar-refractivity contribution in [3.05, 3.63) is 86.3 Å². The summed E-state index contributed by atoms with van der Waals surface area (Å²) < 4.78 is 5.20. The van der Waals surface area contributed by atoms with Gasteiger partial charge in [0.1, 0.15) is 10.6 Å². The Morgan fingerprint density at radius 3 is 2.67 bits per heavy atom. The van der Waals surface area contributed by atoms with Crippen molar-refractivity contribution in [1.29, 1.82) is 0 Å². The number of aliphatic imine (C=N–C) groups is 1. The van der Waals surface area contributed by atoms with Gasteiger partial charge >= 0.3 is 5.97 Å². The van der Waals surface area contributed by atoms with E-state index >= 15 is 0 Å². The van der Waals surface area contributed by atoms with E-state index in [1.54, 1.807) is 43.3 Å². The average Bonchev–Trinajstić information content (AvgIpc) is 3.15. The quantitative estimate of drug-likeness (QED) is 0.180. The Kier molecular flexibility index (Phi) is 7.11. The highest BCUT2D eigenvalue weighted by Crippen LogP contribution is 2.40. The predicted molar refractivity (Wildman–Crippen MR) is 121 cm³/mol. The number of hydrogen-bond donors (Lipinski definition) is 0. The highest BCUT2D eigenvalue weighted by Gasteiger charge is 2.22. The van der Waals surface area contributed by atoms with Crippen LogP contribution in [0.2, 0.25) is 5.02 Å². The van der Waals surface area contributed by atoms with E-state index in [4.69, 9.17) is 16.3 Å². The Labute approximate surface area is 182 Å². The molecule has 0 bridgehead atoms. The van der Waals surface area contributed by atoms with Crippen LogP contribution in [-0.4, -0.2) is 23.7 Å². The summed E-state index contributed by atoms with van der Waals surface area (Å²) in [7, 11) is 0. The van der Waals surface area contributed by atoms with Crippen LogP contribution in [0.1, 0.15) is 22.8 Å². The Morgan fingerprint density at radius 1 is 1.20 bits per heavy atom. The van der Waals surface area contributed by atoms with Crippen molar-refractivity contribution in [1.82, 2.24) is 0 Å². The lowest BCUT2D eigenvalue weighted by Gasteiger charge is -2.07. The SMILES string of the molecule is CCOC(=O)c1c(-c2ccccc2Cl)csc1/N=C/C=C/c1ccccc1[N+](=O)[O-]. The van der Waals surface area contributed by atoms with Crippen LogP contribution in [0.15, 0.2) is 65.0 Å². The van der Waals surface area contributed by atoms with E-state index in [0.29, 0.717) is 26.7 Å². The number of nitrogens with zero attached hydrogens (tertiary/aromatic N) is 2. The number of halogens is 1. The lowest BCUT2D eigenvalue weighted by molar-refractivity contribution is -0.385. The van der Waals surface area contributed by atoms with Crippen molar-refractivity contribution >= 4 is 51.9 Å². The molecule has 0 aliphatic carbocycles. The van der Waals surface area contributed by atoms with E-state index in [9.17, 15) is 14.9 Å². The van der Waals surface area contributed by atoms with Crippen molar-refractivity contribution in [2.45, 2.75) is 6.92 Å². The number of carbonyl (C=O) groups excluding carboxylic acids is 1. The summed E-state index contributed by atoms with van der Waals surface area (Å²) in [5, 5.41) is 13.9. The lowest BCUT2D eigenvalue weighted by atomic mass is 10.0. The molecule has 0 aliphatic heterocycles. The van der Waals surface area contributed by atoms with Gasteiger partial charge in [-0.25, -0.2) is 9.79 Å². The smallest absolute Gasteiger partial charge is 0.341 e. The Bertz CT molecular complexity index is 1140. The summed E-state index contributed by atoms with van der Waals surface area (Å²) in [6.07, 6.45) is 4.67. The van der Waals surface area contributed by atoms with Crippen LogP contribution in [0.3, 0.4) is 0 Å². The summed E-state index contributed by atoms with van der Waals surface area (Å²) >= 11 is 7.59. The van der Waals surface area contributed by atoms with Crippen LogP contribution in [0, 0.1) is 10.1 Å². The van der Waals surface area contributed by atoms with Crippen molar-refractivity contribution in [3.63, 3.8) is 0 Å². The molecule has 3 aromatic rings. The van der Waals surface area contributed by atoms with Gasteiger partial charge < -0.3 is 4.74 Å². The normalized spacial score (nSPS) is 11.3. The third-order valence-corrected chi connectivity index (χ3v) is 5.32. The Morgan fingerprint density at radius 2 is 1.93 bits per heavy atom. The van der Waals surface area contributed by atoms with Crippen LogP contribution in [0.25, 0.3) is 17.2 Å². The fourth-order valence-corrected chi connectivity index (χ4v) is 3.92. The molecule has 2 aromatic carbocycles. The molecule has 0 saturated heterocycles. The maximum Gasteiger partial charge on any atom is 0.341 e. The minimum Gasteiger partial charge on any atom is -0.462 e. The molecule has 0 fully saturated rings. The first-order valence-electron chi connectivity index (χ1n) is 9.00. The van der Waals surface area contributed by atoms with Gasteiger partial charge in [-0.05, 0) is 31.2 Å². The first kappa shape index (κ1) is 21.4. The molecule has 1 heterocycles. The third-order valence-electron chi connectivity index (χ3n) is 4.10. The standard InChI is InChI=1S/C22H17ClN2O4S/c1-2-29-22(26)20-17(16-10-4-5-11-18(16)23)14-30-21(20)24-13-7-9-15-8-3-6-12-19(15)25(27)28/h3-14H,2H2,1H3/b9-7+,24-13+. The fraction of sp³-hybridized carbons (Fsp3) is 0.0909. The highest BCUT2D eigenvalue weighted by atomic mass is 35.5. The van der Waals surface area contributed by atoms with Gasteiger partial charge in [-0.15, -0.1) is 11.3 Å². The minimum absolute atomic E-state index is 0.00601. The van der Waals surface area contributed by atoms with Gasteiger partial charge in [0.15, 0.2) is 0 Å². The van der Waals surface area contributed by atoms with Gasteiger partial charge in [0.25, 0.3) is 5.69 Å². The monoisotopic (exact) mass is 440 g/mol. The molecule has 0 radical (unpaired) electrons. The largest absolute Gasteiger partial charge is 0.462 e. The number of esters is 1. The van der Waals surface area contributed by atoms with Gasteiger partial charge in [-0.3, -0.25) is 10.1 Å². The van der Waals surface area contributed by atoms with Crippen molar-refractivity contribution in [2.75, 3.05) is 6.61 Å². The topological polar surface area (TPSA) is 81.8 Å². The van der Waals surface area contributed by atoms with E-state index in [0.717, 1.165) is 5.56 Å². The number of carbonyl (C=O) groups is 1. The molecule has 6 nitrogen and oxygen atoms in total. The second-order valence-electron chi connectivity index (χ2n) is 5.98. The van der Waals surface area contributed by atoms with Crippen molar-refractivity contribution in [2.24, 2.45) is 4.99 Å². The maximum absolute atomic E-state index is 12.6. The predicted octanol–water partition coefficient (Wildman–Crippen LogP) is 6.57. The van der Waals surface area contributed by atoms with Crippen molar-refractivity contribution < 1.29 is 14.5 Å². The summed E-state index contributed by atoms with van der Waals surface area (Å²) in [5.74, 6) is -0.483. The highest BCUT2D eigenvalue weighted by molar-refractivity contribution is 7.14. The van der Waals surface area contributed by atoms with E-state index in [-0.39, 0.29) is 12.3 Å². The number of nitro benzene ring substituents is 1.